The van der Waals surface area contributed by atoms with Crippen LogP contribution >= 0.6 is 0 Å². The van der Waals surface area contributed by atoms with Crippen LogP contribution in [0, 0.1) is 0 Å². The number of rotatable bonds is 9. The topological polar surface area (TPSA) is 34.1 Å². The fraction of sp³-hybridized carbons (Fsp3) is 0.158. The van der Waals surface area contributed by atoms with E-state index in [1.807, 2.05) is 0 Å². The minimum atomic E-state index is -0.0709. The summed E-state index contributed by atoms with van der Waals surface area (Å²) in [6, 6.07) is 5.14. The Morgan fingerprint density at radius 3 is 2.00 bits per heavy atom. The molecule has 0 unspecified atom stereocenters. The smallest absolute Gasteiger partial charge is 0.167 e. The van der Waals surface area contributed by atoms with Gasteiger partial charge in [0.1, 0.15) is 0 Å². The van der Waals surface area contributed by atoms with Crippen molar-refractivity contribution in [1.82, 2.24) is 0 Å². The fourth-order valence-electron chi connectivity index (χ4n) is 2.03. The quantitative estimate of drug-likeness (QED) is 0.481. The molecule has 0 aliphatic rings. The van der Waals surface area contributed by atoms with Crippen LogP contribution in [0.3, 0.4) is 0 Å². The molecule has 1 aromatic carbocycles. The Labute approximate surface area is 126 Å². The summed E-state index contributed by atoms with van der Waals surface area (Å²) in [5.74, 6) is -0.128. The van der Waals surface area contributed by atoms with Crippen molar-refractivity contribution >= 4 is 17.1 Å². The van der Waals surface area contributed by atoms with Gasteiger partial charge >= 0.3 is 0 Å². The van der Waals surface area contributed by atoms with Crippen molar-refractivity contribution in [2.75, 3.05) is 0 Å². The Balaban J connectivity index is 3.31. The number of Topliss-reactive ketones (excluding diaryl/α,β-unsaturated/α-hetero) is 2. The molecule has 0 aromatic heterocycles. The molecule has 1 aromatic rings. The maximum Gasteiger partial charge on any atom is 0.167 e. The average molecular weight is 280 g/mol. The summed E-state index contributed by atoms with van der Waals surface area (Å²) < 4.78 is 0. The van der Waals surface area contributed by atoms with E-state index in [0.717, 1.165) is 11.1 Å². The lowest BCUT2D eigenvalue weighted by molar-refractivity contribution is 0.0994. The summed E-state index contributed by atoms with van der Waals surface area (Å²) in [4.78, 5) is 24.2. The molecule has 2 nitrogen and oxygen atoms in total. The van der Waals surface area contributed by atoms with Gasteiger partial charge in [0.2, 0.25) is 0 Å². The molecule has 0 aliphatic heterocycles. The second-order valence-corrected chi connectivity index (χ2v) is 4.69. The van der Waals surface area contributed by atoms with Gasteiger partial charge in [-0.2, -0.15) is 0 Å². The summed E-state index contributed by atoms with van der Waals surface area (Å²) in [5, 5.41) is 0. The monoisotopic (exact) mass is 280 g/mol. The molecule has 2 heteroatoms. The van der Waals surface area contributed by atoms with Crippen LogP contribution in [0.2, 0.25) is 0 Å². The van der Waals surface area contributed by atoms with E-state index in [1.165, 1.54) is 0 Å². The predicted molar refractivity (Wildman–Crippen MR) is 88.6 cm³/mol. The Morgan fingerprint density at radius 1 is 0.857 bits per heavy atom. The standard InChI is InChI=1S/C19H20O2/c1-5-8-14(4)16-12-11-15(18(20)9-6-2)13-17(16)19(21)10-7-3/h5-7,11-13H,1-4,8-10H2. The van der Waals surface area contributed by atoms with Crippen LogP contribution in [-0.4, -0.2) is 11.6 Å². The third-order valence-corrected chi connectivity index (χ3v) is 3.07. The van der Waals surface area contributed by atoms with Crippen LogP contribution in [0.4, 0.5) is 0 Å². The third-order valence-electron chi connectivity index (χ3n) is 3.07. The van der Waals surface area contributed by atoms with Crippen molar-refractivity contribution in [1.29, 1.82) is 0 Å². The lowest BCUT2D eigenvalue weighted by atomic mass is 9.92. The van der Waals surface area contributed by atoms with Gasteiger partial charge in [-0.05, 0) is 23.6 Å². The molecule has 0 aliphatic carbocycles. The number of allylic oxidation sites excluding steroid dienone is 4. The molecule has 0 bridgehead atoms. The van der Waals surface area contributed by atoms with Crippen LogP contribution in [0.1, 0.15) is 45.5 Å². The molecule has 0 spiro atoms. The highest BCUT2D eigenvalue weighted by Gasteiger charge is 2.15. The molecule has 0 atom stereocenters. The van der Waals surface area contributed by atoms with Crippen molar-refractivity contribution in [3.05, 3.63) is 79.4 Å². The molecular weight excluding hydrogens is 260 g/mol. The first kappa shape index (κ1) is 16.6. The third kappa shape index (κ3) is 4.25. The van der Waals surface area contributed by atoms with Crippen LogP contribution in [0.15, 0.2) is 62.7 Å². The Bertz CT molecular complexity index is 606. The molecule has 0 radical (unpaired) electrons. The molecular formula is C19H20O2. The van der Waals surface area contributed by atoms with E-state index in [1.54, 1.807) is 36.4 Å². The number of ketones is 2. The summed E-state index contributed by atoms with van der Waals surface area (Å²) in [5.41, 5.74) is 2.59. The van der Waals surface area contributed by atoms with Gasteiger partial charge in [0.05, 0.1) is 0 Å². The van der Waals surface area contributed by atoms with Gasteiger partial charge in [0, 0.05) is 24.0 Å². The molecule has 21 heavy (non-hydrogen) atoms. The van der Waals surface area contributed by atoms with Crippen molar-refractivity contribution in [3.8, 4) is 0 Å². The number of benzene rings is 1. The van der Waals surface area contributed by atoms with Gasteiger partial charge in [-0.1, -0.05) is 36.9 Å². The number of carbonyl (C=O) groups excluding carboxylic acids is 2. The number of hydrogen-bond acceptors (Lipinski definition) is 2. The highest BCUT2D eigenvalue weighted by Crippen LogP contribution is 2.24. The first-order chi connectivity index (χ1) is 10.0. The first-order valence-corrected chi connectivity index (χ1v) is 6.76. The predicted octanol–water partition coefficient (Wildman–Crippen LogP) is 4.79. The fourth-order valence-corrected chi connectivity index (χ4v) is 2.03. The van der Waals surface area contributed by atoms with Crippen molar-refractivity contribution in [2.24, 2.45) is 0 Å². The molecule has 0 amide bonds. The maximum absolute atomic E-state index is 12.2. The van der Waals surface area contributed by atoms with Gasteiger partial charge < -0.3 is 0 Å². The average Bonchev–Trinajstić information content (AvgIpc) is 2.47. The second kappa shape index (κ2) is 7.95. The molecule has 0 N–H and O–H groups in total. The summed E-state index contributed by atoms with van der Waals surface area (Å²) in [7, 11) is 0. The normalized spacial score (nSPS) is 9.71. The Morgan fingerprint density at radius 2 is 1.43 bits per heavy atom. The molecule has 0 saturated carbocycles. The summed E-state index contributed by atoms with van der Waals surface area (Å²) in [6.07, 6.45) is 5.92. The van der Waals surface area contributed by atoms with Crippen LogP contribution in [-0.2, 0) is 0 Å². The van der Waals surface area contributed by atoms with Crippen molar-refractivity contribution < 1.29 is 9.59 Å². The molecule has 0 saturated heterocycles. The zero-order valence-corrected chi connectivity index (χ0v) is 12.2. The highest BCUT2D eigenvalue weighted by molar-refractivity contribution is 6.05. The minimum absolute atomic E-state index is 0.0569. The van der Waals surface area contributed by atoms with Gasteiger partial charge in [0.15, 0.2) is 11.6 Å². The molecule has 1 rings (SSSR count). The summed E-state index contributed by atoms with van der Waals surface area (Å²) in [6.45, 7) is 14.8. The van der Waals surface area contributed by atoms with E-state index in [0.29, 0.717) is 17.5 Å². The summed E-state index contributed by atoms with van der Waals surface area (Å²) >= 11 is 0. The zero-order valence-electron chi connectivity index (χ0n) is 12.2. The van der Waals surface area contributed by atoms with Gasteiger partial charge in [-0.25, -0.2) is 0 Å². The number of hydrogen-bond donors (Lipinski definition) is 0. The van der Waals surface area contributed by atoms with Crippen molar-refractivity contribution in [2.45, 2.75) is 19.3 Å². The lowest BCUT2D eigenvalue weighted by Gasteiger charge is -2.11. The SMILES string of the molecule is C=CCC(=C)c1ccc(C(=O)CC=C)cc1C(=O)CC=C. The van der Waals surface area contributed by atoms with Gasteiger partial charge in [-0.3, -0.25) is 9.59 Å². The highest BCUT2D eigenvalue weighted by atomic mass is 16.1. The Kier molecular flexibility index (Phi) is 6.28. The van der Waals surface area contributed by atoms with E-state index in [4.69, 9.17) is 0 Å². The maximum atomic E-state index is 12.2. The van der Waals surface area contributed by atoms with Gasteiger partial charge in [0.25, 0.3) is 0 Å². The van der Waals surface area contributed by atoms with E-state index >= 15 is 0 Å². The van der Waals surface area contributed by atoms with Crippen molar-refractivity contribution in [3.63, 3.8) is 0 Å². The zero-order chi connectivity index (χ0) is 15.8. The van der Waals surface area contributed by atoms with E-state index < -0.39 is 0 Å². The van der Waals surface area contributed by atoms with E-state index in [9.17, 15) is 9.59 Å². The van der Waals surface area contributed by atoms with Crippen LogP contribution in [0.25, 0.3) is 5.57 Å². The molecule has 108 valence electrons. The largest absolute Gasteiger partial charge is 0.294 e. The lowest BCUT2D eigenvalue weighted by Crippen LogP contribution is -2.06. The van der Waals surface area contributed by atoms with Crippen LogP contribution < -0.4 is 0 Å². The molecule has 0 fully saturated rings. The van der Waals surface area contributed by atoms with Crippen LogP contribution in [0.5, 0.6) is 0 Å². The van der Waals surface area contributed by atoms with E-state index in [-0.39, 0.29) is 24.4 Å². The molecule has 0 heterocycles. The number of carbonyl (C=O) groups is 2. The minimum Gasteiger partial charge on any atom is -0.294 e. The van der Waals surface area contributed by atoms with Gasteiger partial charge in [-0.15, -0.1) is 19.7 Å². The van der Waals surface area contributed by atoms with E-state index in [2.05, 4.69) is 26.3 Å². The first-order valence-electron chi connectivity index (χ1n) is 6.76. The Hall–Kier alpha value is -2.48. The second-order valence-electron chi connectivity index (χ2n) is 4.69.